The van der Waals surface area contributed by atoms with Gasteiger partial charge in [-0.25, -0.2) is 4.98 Å². The number of likely N-dealkylation sites (tertiary alicyclic amines) is 1. The van der Waals surface area contributed by atoms with Crippen molar-refractivity contribution in [3.05, 3.63) is 29.3 Å². The first kappa shape index (κ1) is 15.4. The quantitative estimate of drug-likeness (QED) is 0.943. The Balaban J connectivity index is 1.62. The minimum Gasteiger partial charge on any atom is -0.355 e. The molecule has 1 aromatic carbocycles. The third-order valence-electron chi connectivity index (χ3n) is 4.47. The molecule has 1 unspecified atom stereocenters. The lowest BCUT2D eigenvalue weighted by Crippen LogP contribution is -2.48. The normalized spacial score (nSPS) is 18.5. The molecule has 0 bridgehead atoms. The molecule has 1 aromatic heterocycles. The van der Waals surface area contributed by atoms with Crippen LogP contribution in [0.1, 0.15) is 37.6 Å². The van der Waals surface area contributed by atoms with Crippen LogP contribution in [0.5, 0.6) is 0 Å². The number of nitrogens with zero attached hydrogens (tertiary/aromatic N) is 2. The van der Waals surface area contributed by atoms with E-state index in [9.17, 15) is 4.79 Å². The van der Waals surface area contributed by atoms with Crippen LogP contribution >= 0.6 is 11.3 Å². The molecule has 3 rings (SSSR count). The second-order valence-electron chi connectivity index (χ2n) is 5.90. The smallest absolute Gasteiger partial charge is 0.237 e. The number of nitrogens with one attached hydrogen (secondary N) is 1. The maximum atomic E-state index is 11.9. The van der Waals surface area contributed by atoms with Gasteiger partial charge in [0.1, 0.15) is 0 Å². The molecule has 118 valence electrons. The number of likely N-dealkylation sites (N-methyl/N-ethyl adjacent to an activating group) is 1. The van der Waals surface area contributed by atoms with Crippen LogP contribution in [0.15, 0.2) is 24.3 Å². The van der Waals surface area contributed by atoms with E-state index in [1.807, 2.05) is 31.3 Å². The molecule has 1 atom stereocenters. The number of aromatic nitrogens is 1. The maximum absolute atomic E-state index is 11.9. The van der Waals surface area contributed by atoms with Crippen molar-refractivity contribution in [2.75, 3.05) is 19.6 Å². The SMILES string of the molecule is CCNC(=O)C(C)N1CCC(c2nc3ccccc3s2)CC1. The Hall–Kier alpha value is -1.46. The predicted octanol–water partition coefficient (Wildman–Crippen LogP) is 3.00. The third kappa shape index (κ3) is 3.15. The van der Waals surface area contributed by atoms with E-state index in [2.05, 4.69) is 28.4 Å². The number of thiazole rings is 1. The van der Waals surface area contributed by atoms with E-state index in [0.29, 0.717) is 12.5 Å². The summed E-state index contributed by atoms with van der Waals surface area (Å²) in [6.07, 6.45) is 2.17. The summed E-state index contributed by atoms with van der Waals surface area (Å²) in [5.41, 5.74) is 1.11. The monoisotopic (exact) mass is 317 g/mol. The minimum absolute atomic E-state index is 0.0312. The number of amides is 1. The molecule has 1 N–H and O–H groups in total. The van der Waals surface area contributed by atoms with Gasteiger partial charge in [0, 0.05) is 12.5 Å². The number of benzene rings is 1. The molecule has 0 aliphatic carbocycles. The summed E-state index contributed by atoms with van der Waals surface area (Å²) in [5, 5.41) is 4.17. The fourth-order valence-electron chi connectivity index (χ4n) is 3.09. The number of piperidine rings is 1. The number of rotatable bonds is 4. The number of carbonyl (C=O) groups is 1. The molecule has 22 heavy (non-hydrogen) atoms. The van der Waals surface area contributed by atoms with Gasteiger partial charge >= 0.3 is 0 Å². The summed E-state index contributed by atoms with van der Waals surface area (Å²) in [4.78, 5) is 19.0. The first-order valence-corrected chi connectivity index (χ1v) is 8.88. The van der Waals surface area contributed by atoms with Crippen LogP contribution in [0.2, 0.25) is 0 Å². The van der Waals surface area contributed by atoms with Gasteiger partial charge in [-0.2, -0.15) is 0 Å². The van der Waals surface area contributed by atoms with Crippen molar-refractivity contribution < 1.29 is 4.79 Å². The van der Waals surface area contributed by atoms with E-state index >= 15 is 0 Å². The highest BCUT2D eigenvalue weighted by atomic mass is 32.1. The molecule has 0 saturated carbocycles. The van der Waals surface area contributed by atoms with Gasteiger partial charge in [0.05, 0.1) is 21.3 Å². The molecule has 1 fully saturated rings. The largest absolute Gasteiger partial charge is 0.355 e. The van der Waals surface area contributed by atoms with Crippen molar-refractivity contribution in [2.24, 2.45) is 0 Å². The predicted molar refractivity (Wildman–Crippen MR) is 91.3 cm³/mol. The maximum Gasteiger partial charge on any atom is 0.237 e. The lowest BCUT2D eigenvalue weighted by Gasteiger charge is -2.34. The van der Waals surface area contributed by atoms with Gasteiger partial charge in [0.25, 0.3) is 0 Å². The Morgan fingerprint density at radius 1 is 1.41 bits per heavy atom. The fourth-order valence-corrected chi connectivity index (χ4v) is 4.22. The molecule has 2 heterocycles. The van der Waals surface area contributed by atoms with Gasteiger partial charge in [0.15, 0.2) is 0 Å². The molecule has 0 radical (unpaired) electrons. The first-order valence-electron chi connectivity index (χ1n) is 8.06. The van der Waals surface area contributed by atoms with E-state index < -0.39 is 0 Å². The number of fused-ring (bicyclic) bond motifs is 1. The lowest BCUT2D eigenvalue weighted by molar-refractivity contribution is -0.126. The highest BCUT2D eigenvalue weighted by Gasteiger charge is 2.28. The summed E-state index contributed by atoms with van der Waals surface area (Å²) in [7, 11) is 0. The molecule has 4 nitrogen and oxygen atoms in total. The summed E-state index contributed by atoms with van der Waals surface area (Å²) < 4.78 is 1.27. The Morgan fingerprint density at radius 2 is 2.14 bits per heavy atom. The van der Waals surface area contributed by atoms with Crippen molar-refractivity contribution in [3.63, 3.8) is 0 Å². The van der Waals surface area contributed by atoms with E-state index in [1.54, 1.807) is 0 Å². The topological polar surface area (TPSA) is 45.2 Å². The van der Waals surface area contributed by atoms with E-state index in [0.717, 1.165) is 31.4 Å². The Morgan fingerprint density at radius 3 is 2.82 bits per heavy atom. The van der Waals surface area contributed by atoms with E-state index in [-0.39, 0.29) is 11.9 Å². The van der Waals surface area contributed by atoms with Crippen molar-refractivity contribution in [3.8, 4) is 0 Å². The van der Waals surface area contributed by atoms with Crippen molar-refractivity contribution in [1.82, 2.24) is 15.2 Å². The van der Waals surface area contributed by atoms with E-state index in [1.165, 1.54) is 9.71 Å². The average molecular weight is 317 g/mol. The summed E-state index contributed by atoms with van der Waals surface area (Å²) in [5.74, 6) is 0.677. The Bertz CT molecular complexity index is 613. The van der Waals surface area contributed by atoms with Gasteiger partial charge in [-0.3, -0.25) is 9.69 Å². The van der Waals surface area contributed by atoms with Gasteiger partial charge in [-0.05, 0) is 51.9 Å². The van der Waals surface area contributed by atoms with Crippen LogP contribution in [-0.4, -0.2) is 41.5 Å². The van der Waals surface area contributed by atoms with Crippen LogP contribution in [0.25, 0.3) is 10.2 Å². The average Bonchev–Trinajstić information content (AvgIpc) is 2.98. The molecule has 5 heteroatoms. The zero-order valence-corrected chi connectivity index (χ0v) is 14.0. The lowest BCUT2D eigenvalue weighted by atomic mass is 9.96. The summed E-state index contributed by atoms with van der Waals surface area (Å²) in [6, 6.07) is 8.31. The molecule has 2 aromatic rings. The van der Waals surface area contributed by atoms with Crippen LogP contribution in [0.4, 0.5) is 0 Å². The second-order valence-corrected chi connectivity index (χ2v) is 6.96. The van der Waals surface area contributed by atoms with Crippen molar-refractivity contribution >= 4 is 27.5 Å². The fraction of sp³-hybridized carbons (Fsp3) is 0.529. The van der Waals surface area contributed by atoms with Crippen molar-refractivity contribution in [1.29, 1.82) is 0 Å². The van der Waals surface area contributed by atoms with Crippen molar-refractivity contribution in [2.45, 2.75) is 38.6 Å². The first-order chi connectivity index (χ1) is 10.7. The number of carbonyl (C=O) groups excluding carboxylic acids is 1. The third-order valence-corrected chi connectivity index (χ3v) is 5.67. The molecule has 1 amide bonds. The summed E-state index contributed by atoms with van der Waals surface area (Å²) in [6.45, 7) is 6.61. The summed E-state index contributed by atoms with van der Waals surface area (Å²) >= 11 is 1.82. The molecule has 1 aliphatic heterocycles. The molecule has 1 aliphatic rings. The molecular weight excluding hydrogens is 294 g/mol. The number of hydrogen-bond donors (Lipinski definition) is 1. The number of hydrogen-bond acceptors (Lipinski definition) is 4. The molecule has 1 saturated heterocycles. The zero-order chi connectivity index (χ0) is 15.5. The van der Waals surface area contributed by atoms with Gasteiger partial charge in [-0.1, -0.05) is 12.1 Å². The molecular formula is C17H23N3OS. The van der Waals surface area contributed by atoms with E-state index in [4.69, 9.17) is 4.98 Å². The zero-order valence-electron chi connectivity index (χ0n) is 13.2. The van der Waals surface area contributed by atoms with Crippen LogP contribution in [0, 0.1) is 0 Å². The van der Waals surface area contributed by atoms with Crippen LogP contribution < -0.4 is 5.32 Å². The van der Waals surface area contributed by atoms with Gasteiger partial charge in [0.2, 0.25) is 5.91 Å². The van der Waals surface area contributed by atoms with Gasteiger partial charge < -0.3 is 5.32 Å². The highest BCUT2D eigenvalue weighted by Crippen LogP contribution is 2.34. The number of para-hydroxylation sites is 1. The Kier molecular flexibility index (Phi) is 4.74. The highest BCUT2D eigenvalue weighted by molar-refractivity contribution is 7.18. The van der Waals surface area contributed by atoms with Crippen LogP contribution in [-0.2, 0) is 4.79 Å². The minimum atomic E-state index is -0.0312. The van der Waals surface area contributed by atoms with Gasteiger partial charge in [-0.15, -0.1) is 11.3 Å². The Labute approximate surface area is 135 Å². The van der Waals surface area contributed by atoms with Crippen LogP contribution in [0.3, 0.4) is 0 Å². The molecule has 0 spiro atoms. The second kappa shape index (κ2) is 6.75. The standard InChI is InChI=1S/C17H23N3OS/c1-3-18-16(21)12(2)20-10-8-13(9-11-20)17-19-14-6-4-5-7-15(14)22-17/h4-7,12-13H,3,8-11H2,1-2H3,(H,18,21).